The van der Waals surface area contributed by atoms with Gasteiger partial charge in [0.25, 0.3) is 5.88 Å². The monoisotopic (exact) mass is 261 g/mol. The molecule has 1 aromatic rings. The predicted molar refractivity (Wildman–Crippen MR) is 61.5 cm³/mol. The average molecular weight is 261 g/mol. The van der Waals surface area contributed by atoms with Crippen LogP contribution in [0.1, 0.15) is 0 Å². The van der Waals surface area contributed by atoms with Crippen LogP contribution < -0.4 is 9.64 Å². The summed E-state index contributed by atoms with van der Waals surface area (Å²) in [5.41, 5.74) is 0. The van der Waals surface area contributed by atoms with E-state index in [0.29, 0.717) is 24.9 Å². The van der Waals surface area contributed by atoms with Crippen LogP contribution in [0.5, 0.6) is 5.88 Å². The first kappa shape index (κ1) is 12.5. The highest BCUT2D eigenvalue weighted by Crippen LogP contribution is 2.26. The first-order chi connectivity index (χ1) is 8.31. The Hall–Kier alpha value is -0.960. The van der Waals surface area contributed by atoms with Crippen LogP contribution in [-0.2, 0) is 4.74 Å². The summed E-state index contributed by atoms with van der Waals surface area (Å²) in [7, 11) is 0. The number of anilines is 1. The molecule has 0 aliphatic carbocycles. The van der Waals surface area contributed by atoms with Gasteiger partial charge in [0, 0.05) is 13.1 Å². The van der Waals surface area contributed by atoms with Gasteiger partial charge in [-0.05, 0) is 0 Å². The molecule has 0 spiro atoms. The van der Waals surface area contributed by atoms with Gasteiger partial charge in [-0.3, -0.25) is 0 Å². The minimum absolute atomic E-state index is 0.0131. The summed E-state index contributed by atoms with van der Waals surface area (Å²) < 4.78 is 18.8. The van der Waals surface area contributed by atoms with Gasteiger partial charge in [-0.1, -0.05) is 0 Å². The van der Waals surface area contributed by atoms with E-state index >= 15 is 0 Å². The second-order valence-corrected chi connectivity index (χ2v) is 4.17. The summed E-state index contributed by atoms with van der Waals surface area (Å²) >= 11 is 1.07. The molecule has 0 unspecified atom stereocenters. The van der Waals surface area contributed by atoms with Gasteiger partial charge < -0.3 is 24.6 Å². The molecule has 0 saturated carbocycles. The van der Waals surface area contributed by atoms with Crippen LogP contribution in [0.25, 0.3) is 0 Å². The molecule has 2 heterocycles. The van der Waals surface area contributed by atoms with E-state index in [4.69, 9.17) is 14.6 Å². The lowest BCUT2D eigenvalue weighted by Gasteiger charge is -2.26. The van der Waals surface area contributed by atoms with Crippen molar-refractivity contribution in [1.82, 2.24) is 8.75 Å². The van der Waals surface area contributed by atoms with Gasteiger partial charge in [-0.25, -0.2) is 0 Å². The molecule has 1 aromatic heterocycles. The van der Waals surface area contributed by atoms with Gasteiger partial charge in [0.1, 0.15) is 12.7 Å². The normalized spacial score (nSPS) is 18.1. The third-order valence-corrected chi connectivity index (χ3v) is 2.88. The average Bonchev–Trinajstić information content (AvgIpc) is 2.85. The van der Waals surface area contributed by atoms with E-state index in [1.54, 1.807) is 0 Å². The molecule has 96 valence electrons. The van der Waals surface area contributed by atoms with Crippen LogP contribution in [0.3, 0.4) is 0 Å². The predicted octanol–water partition coefficient (Wildman–Crippen LogP) is -0.893. The van der Waals surface area contributed by atoms with E-state index in [9.17, 15) is 5.11 Å². The molecule has 2 N–H and O–H groups in total. The molecule has 0 amide bonds. The van der Waals surface area contributed by atoms with Crippen molar-refractivity contribution in [3.63, 3.8) is 0 Å². The molecule has 1 atom stereocenters. The van der Waals surface area contributed by atoms with Crippen LogP contribution in [0, 0.1) is 0 Å². The number of ether oxygens (including phenoxy) is 2. The molecule has 0 radical (unpaired) electrons. The number of nitrogens with zero attached hydrogens (tertiary/aromatic N) is 3. The number of aliphatic hydroxyl groups excluding tert-OH is 2. The van der Waals surface area contributed by atoms with Gasteiger partial charge in [-0.2, -0.15) is 4.37 Å². The third-order valence-electron chi connectivity index (χ3n) is 2.38. The minimum atomic E-state index is -0.894. The van der Waals surface area contributed by atoms with Gasteiger partial charge >= 0.3 is 0 Å². The first-order valence-corrected chi connectivity index (χ1v) is 6.11. The molecule has 8 heteroatoms. The Kier molecular flexibility index (Phi) is 4.49. The zero-order valence-corrected chi connectivity index (χ0v) is 10.1. The molecular weight excluding hydrogens is 246 g/mol. The lowest BCUT2D eigenvalue weighted by molar-refractivity contribution is 0.0523. The van der Waals surface area contributed by atoms with Crippen molar-refractivity contribution >= 4 is 17.5 Å². The molecular formula is C9H15N3O4S. The van der Waals surface area contributed by atoms with Gasteiger partial charge in [0.05, 0.1) is 31.5 Å². The number of aromatic nitrogens is 2. The van der Waals surface area contributed by atoms with Gasteiger partial charge in [0.15, 0.2) is 0 Å². The second kappa shape index (κ2) is 6.10. The maximum Gasteiger partial charge on any atom is 0.270 e. The van der Waals surface area contributed by atoms with Crippen molar-refractivity contribution in [1.29, 1.82) is 0 Å². The fourth-order valence-electron chi connectivity index (χ4n) is 1.46. The maximum atomic E-state index is 9.20. The molecule has 7 nitrogen and oxygen atoms in total. The van der Waals surface area contributed by atoms with E-state index in [1.165, 1.54) is 0 Å². The SMILES string of the molecule is OC[C@H](O)COc1nsnc1N1CCOCC1. The Labute approximate surface area is 103 Å². The standard InChI is InChI=1S/C9H15N3O4S/c13-5-7(14)6-16-9-8(10-17-11-9)12-1-3-15-4-2-12/h7,13-14H,1-6H2/t7-/m0/s1. The summed E-state index contributed by atoms with van der Waals surface area (Å²) in [6.07, 6.45) is -0.894. The fourth-order valence-corrected chi connectivity index (χ4v) is 1.98. The van der Waals surface area contributed by atoms with Crippen LogP contribution in [0.15, 0.2) is 0 Å². The smallest absolute Gasteiger partial charge is 0.270 e. The molecule has 1 aliphatic rings. The van der Waals surface area contributed by atoms with Crippen LogP contribution in [0.4, 0.5) is 5.82 Å². The fraction of sp³-hybridized carbons (Fsp3) is 0.778. The first-order valence-electron chi connectivity index (χ1n) is 5.38. The summed E-state index contributed by atoms with van der Waals surface area (Å²) in [5, 5.41) is 17.9. The highest BCUT2D eigenvalue weighted by Gasteiger charge is 2.20. The van der Waals surface area contributed by atoms with E-state index in [1.807, 2.05) is 4.90 Å². The lowest BCUT2D eigenvalue weighted by atomic mass is 10.4. The zero-order valence-electron chi connectivity index (χ0n) is 9.28. The minimum Gasteiger partial charge on any atom is -0.472 e. The highest BCUT2D eigenvalue weighted by molar-refractivity contribution is 6.99. The van der Waals surface area contributed by atoms with E-state index < -0.39 is 6.10 Å². The number of aliphatic hydroxyl groups is 2. The van der Waals surface area contributed by atoms with Crippen molar-refractivity contribution in [3.05, 3.63) is 0 Å². The van der Waals surface area contributed by atoms with Crippen molar-refractivity contribution in [2.75, 3.05) is 44.4 Å². The van der Waals surface area contributed by atoms with Crippen molar-refractivity contribution in [2.24, 2.45) is 0 Å². The van der Waals surface area contributed by atoms with E-state index in [-0.39, 0.29) is 13.2 Å². The number of hydrogen-bond acceptors (Lipinski definition) is 8. The summed E-state index contributed by atoms with van der Waals surface area (Å²) in [6, 6.07) is 0. The molecule has 17 heavy (non-hydrogen) atoms. The zero-order chi connectivity index (χ0) is 12.1. The third kappa shape index (κ3) is 3.25. The van der Waals surface area contributed by atoms with Crippen LogP contribution >= 0.6 is 11.7 Å². The Morgan fingerprint density at radius 1 is 1.41 bits per heavy atom. The molecule has 1 saturated heterocycles. The Morgan fingerprint density at radius 2 is 2.18 bits per heavy atom. The van der Waals surface area contributed by atoms with Crippen LogP contribution in [-0.4, -0.2) is 64.6 Å². The summed E-state index contributed by atoms with van der Waals surface area (Å²) in [6.45, 7) is 2.52. The topological polar surface area (TPSA) is 87.9 Å². The Morgan fingerprint density at radius 3 is 2.88 bits per heavy atom. The second-order valence-electron chi connectivity index (χ2n) is 3.64. The molecule has 1 aliphatic heterocycles. The van der Waals surface area contributed by atoms with Crippen molar-refractivity contribution in [2.45, 2.75) is 6.10 Å². The number of morpholine rings is 1. The lowest BCUT2D eigenvalue weighted by Crippen LogP contribution is -2.36. The van der Waals surface area contributed by atoms with Crippen molar-refractivity contribution < 1.29 is 19.7 Å². The van der Waals surface area contributed by atoms with Crippen LogP contribution in [0.2, 0.25) is 0 Å². The van der Waals surface area contributed by atoms with E-state index in [2.05, 4.69) is 8.75 Å². The maximum absolute atomic E-state index is 9.20. The summed E-state index contributed by atoms with van der Waals surface area (Å²) in [5.74, 6) is 1.09. The van der Waals surface area contributed by atoms with Gasteiger partial charge in [0.2, 0.25) is 5.82 Å². The number of hydrogen-bond donors (Lipinski definition) is 2. The molecule has 2 rings (SSSR count). The van der Waals surface area contributed by atoms with E-state index in [0.717, 1.165) is 24.8 Å². The molecule has 0 aromatic carbocycles. The Bertz CT molecular complexity index is 343. The highest BCUT2D eigenvalue weighted by atomic mass is 32.1. The Balaban J connectivity index is 1.95. The quantitative estimate of drug-likeness (QED) is 0.710. The summed E-state index contributed by atoms with van der Waals surface area (Å²) in [4.78, 5) is 2.04. The largest absolute Gasteiger partial charge is 0.472 e. The molecule has 0 bridgehead atoms. The molecule has 1 fully saturated rings. The number of rotatable bonds is 5. The van der Waals surface area contributed by atoms with Crippen molar-refractivity contribution in [3.8, 4) is 5.88 Å². The van der Waals surface area contributed by atoms with Gasteiger partial charge in [-0.15, -0.1) is 4.37 Å².